The topological polar surface area (TPSA) is 59.8 Å². The number of methoxy groups -OCH3 is 2. The molecule has 0 unspecified atom stereocenters. The minimum Gasteiger partial charge on any atom is -0.493 e. The van der Waals surface area contributed by atoms with Gasteiger partial charge in [0.05, 0.1) is 32.2 Å². The molecule has 0 fully saturated rings. The molecule has 0 aliphatic carbocycles. The van der Waals surface area contributed by atoms with Crippen LogP contribution in [0.2, 0.25) is 5.02 Å². The van der Waals surface area contributed by atoms with Gasteiger partial charge in [-0.15, -0.1) is 0 Å². The lowest BCUT2D eigenvalue weighted by Gasteiger charge is -2.22. The van der Waals surface area contributed by atoms with Gasteiger partial charge >= 0.3 is 0 Å². The molecule has 24 heavy (non-hydrogen) atoms. The second kappa shape index (κ2) is 7.42. The van der Waals surface area contributed by atoms with Crippen LogP contribution in [-0.4, -0.2) is 40.6 Å². The number of benzene rings is 1. The van der Waals surface area contributed by atoms with Crippen molar-refractivity contribution >= 4 is 11.6 Å². The first-order valence-corrected chi connectivity index (χ1v) is 8.31. The van der Waals surface area contributed by atoms with Crippen molar-refractivity contribution in [1.82, 2.24) is 14.7 Å². The van der Waals surface area contributed by atoms with Gasteiger partial charge in [0, 0.05) is 42.8 Å². The SMILES string of the molecule is COc1cc(Cl)cc(CN2CCCn3nc(CO)cc3C2)c1OC. The number of hydrogen-bond acceptors (Lipinski definition) is 5. The van der Waals surface area contributed by atoms with E-state index in [0.29, 0.717) is 23.0 Å². The smallest absolute Gasteiger partial charge is 0.165 e. The van der Waals surface area contributed by atoms with Crippen LogP contribution in [0, 0.1) is 0 Å². The van der Waals surface area contributed by atoms with Crippen molar-refractivity contribution in [3.63, 3.8) is 0 Å². The zero-order valence-corrected chi connectivity index (χ0v) is 14.7. The molecule has 0 atom stereocenters. The van der Waals surface area contributed by atoms with Crippen LogP contribution in [0.5, 0.6) is 11.5 Å². The summed E-state index contributed by atoms with van der Waals surface area (Å²) in [7, 11) is 3.25. The second-order valence-corrected chi connectivity index (χ2v) is 6.31. The largest absolute Gasteiger partial charge is 0.493 e. The molecule has 0 saturated carbocycles. The van der Waals surface area contributed by atoms with E-state index in [4.69, 9.17) is 21.1 Å². The van der Waals surface area contributed by atoms with E-state index in [1.165, 1.54) is 0 Å². The molecular weight excluding hydrogens is 330 g/mol. The van der Waals surface area contributed by atoms with Crippen LogP contribution in [0.15, 0.2) is 18.2 Å². The summed E-state index contributed by atoms with van der Waals surface area (Å²) in [4.78, 5) is 2.33. The minimum absolute atomic E-state index is 0.0285. The first-order chi connectivity index (χ1) is 11.6. The molecule has 0 spiro atoms. The van der Waals surface area contributed by atoms with E-state index in [-0.39, 0.29) is 6.61 Å². The average Bonchev–Trinajstić information content (AvgIpc) is 2.86. The fourth-order valence-electron chi connectivity index (χ4n) is 3.16. The van der Waals surface area contributed by atoms with E-state index < -0.39 is 0 Å². The van der Waals surface area contributed by atoms with Crippen molar-refractivity contribution in [1.29, 1.82) is 0 Å². The predicted octanol–water partition coefficient (Wildman–Crippen LogP) is 2.45. The number of hydrogen-bond donors (Lipinski definition) is 1. The molecule has 1 aliphatic rings. The van der Waals surface area contributed by atoms with Gasteiger partial charge in [-0.25, -0.2) is 0 Å². The van der Waals surface area contributed by atoms with E-state index >= 15 is 0 Å². The number of aromatic nitrogens is 2. The maximum atomic E-state index is 9.28. The third-order valence-corrected chi connectivity index (χ3v) is 4.44. The van der Waals surface area contributed by atoms with E-state index in [2.05, 4.69) is 10.00 Å². The number of rotatable bonds is 5. The van der Waals surface area contributed by atoms with Crippen LogP contribution in [0.4, 0.5) is 0 Å². The highest BCUT2D eigenvalue weighted by Gasteiger charge is 2.19. The van der Waals surface area contributed by atoms with Gasteiger partial charge < -0.3 is 14.6 Å². The van der Waals surface area contributed by atoms with Gasteiger partial charge in [0.15, 0.2) is 11.5 Å². The highest BCUT2D eigenvalue weighted by atomic mass is 35.5. The molecule has 0 radical (unpaired) electrons. The van der Waals surface area contributed by atoms with E-state index in [1.807, 2.05) is 16.8 Å². The van der Waals surface area contributed by atoms with Crippen molar-refractivity contribution in [2.24, 2.45) is 0 Å². The van der Waals surface area contributed by atoms with Crippen LogP contribution in [0.25, 0.3) is 0 Å². The van der Waals surface area contributed by atoms with E-state index in [9.17, 15) is 5.11 Å². The lowest BCUT2D eigenvalue weighted by Crippen LogP contribution is -2.23. The summed E-state index contributed by atoms with van der Waals surface area (Å²) < 4.78 is 12.9. The standard InChI is InChI=1S/C17H22ClN3O3/c1-23-16-7-13(18)6-12(17(16)24-2)9-20-4-3-5-21-15(10-20)8-14(11-22)19-21/h6-8,22H,3-5,9-11H2,1-2H3. The molecule has 130 valence electrons. The van der Waals surface area contributed by atoms with Crippen LogP contribution in [-0.2, 0) is 26.2 Å². The minimum atomic E-state index is -0.0285. The quantitative estimate of drug-likeness (QED) is 0.896. The lowest BCUT2D eigenvalue weighted by atomic mass is 10.1. The maximum absolute atomic E-state index is 9.28. The predicted molar refractivity (Wildman–Crippen MR) is 91.4 cm³/mol. The Balaban J connectivity index is 1.84. The van der Waals surface area contributed by atoms with E-state index in [0.717, 1.165) is 43.1 Å². The lowest BCUT2D eigenvalue weighted by molar-refractivity contribution is 0.254. The normalized spacial score (nSPS) is 15.0. The third kappa shape index (κ3) is 3.50. The fraction of sp³-hybridized carbons (Fsp3) is 0.471. The Kier molecular flexibility index (Phi) is 5.28. The van der Waals surface area contributed by atoms with Crippen LogP contribution < -0.4 is 9.47 Å². The molecule has 1 aromatic carbocycles. The molecule has 0 saturated heterocycles. The number of halogens is 1. The average molecular weight is 352 g/mol. The summed E-state index contributed by atoms with van der Waals surface area (Å²) in [6.07, 6.45) is 1.000. The highest BCUT2D eigenvalue weighted by Crippen LogP contribution is 2.35. The zero-order chi connectivity index (χ0) is 17.1. The molecule has 0 amide bonds. The summed E-state index contributed by atoms with van der Waals surface area (Å²) in [6, 6.07) is 5.65. The van der Waals surface area contributed by atoms with Crippen molar-refractivity contribution in [3.05, 3.63) is 40.2 Å². The Labute approximate surface area is 146 Å². The molecule has 2 heterocycles. The third-order valence-electron chi connectivity index (χ3n) is 4.22. The van der Waals surface area contributed by atoms with Gasteiger partial charge in [0.2, 0.25) is 0 Å². The number of aryl methyl sites for hydroxylation is 1. The van der Waals surface area contributed by atoms with Crippen molar-refractivity contribution < 1.29 is 14.6 Å². The maximum Gasteiger partial charge on any atom is 0.165 e. The number of aliphatic hydroxyl groups excluding tert-OH is 1. The van der Waals surface area contributed by atoms with Gasteiger partial charge in [-0.05, 0) is 18.6 Å². The van der Waals surface area contributed by atoms with Gasteiger partial charge in [0.25, 0.3) is 0 Å². The highest BCUT2D eigenvalue weighted by molar-refractivity contribution is 6.30. The molecule has 1 aromatic heterocycles. The Hall–Kier alpha value is -1.76. The number of ether oxygens (including phenoxy) is 2. The Morgan fingerprint density at radius 1 is 1.21 bits per heavy atom. The molecular formula is C17H22ClN3O3. The van der Waals surface area contributed by atoms with Crippen LogP contribution in [0.3, 0.4) is 0 Å². The number of aliphatic hydroxyl groups is 1. The summed E-state index contributed by atoms with van der Waals surface area (Å²) in [5.74, 6) is 1.36. The fourth-order valence-corrected chi connectivity index (χ4v) is 3.40. The summed E-state index contributed by atoms with van der Waals surface area (Å²) in [6.45, 7) is 3.27. The van der Waals surface area contributed by atoms with Gasteiger partial charge in [0.1, 0.15) is 0 Å². The number of fused-ring (bicyclic) bond motifs is 1. The Bertz CT molecular complexity index is 717. The molecule has 7 heteroatoms. The van der Waals surface area contributed by atoms with Crippen molar-refractivity contribution in [2.75, 3.05) is 20.8 Å². The van der Waals surface area contributed by atoms with Gasteiger partial charge in [-0.2, -0.15) is 5.10 Å². The first-order valence-electron chi connectivity index (χ1n) is 7.93. The van der Waals surface area contributed by atoms with Crippen molar-refractivity contribution in [3.8, 4) is 11.5 Å². The van der Waals surface area contributed by atoms with Gasteiger partial charge in [-0.1, -0.05) is 11.6 Å². The molecule has 0 bridgehead atoms. The number of nitrogens with zero attached hydrogens (tertiary/aromatic N) is 3. The summed E-state index contributed by atoms with van der Waals surface area (Å²) >= 11 is 6.21. The van der Waals surface area contributed by atoms with Gasteiger partial charge in [-0.3, -0.25) is 9.58 Å². The first kappa shape index (κ1) is 17.1. The van der Waals surface area contributed by atoms with Crippen LogP contribution in [0.1, 0.15) is 23.4 Å². The van der Waals surface area contributed by atoms with Crippen molar-refractivity contribution in [2.45, 2.75) is 32.7 Å². The second-order valence-electron chi connectivity index (χ2n) is 5.87. The molecule has 6 nitrogen and oxygen atoms in total. The van der Waals surface area contributed by atoms with E-state index in [1.54, 1.807) is 20.3 Å². The Morgan fingerprint density at radius 3 is 2.75 bits per heavy atom. The summed E-state index contributed by atoms with van der Waals surface area (Å²) in [5, 5.41) is 14.3. The molecule has 1 aliphatic heterocycles. The summed E-state index contributed by atoms with van der Waals surface area (Å²) in [5.41, 5.74) is 2.83. The zero-order valence-electron chi connectivity index (χ0n) is 14.0. The monoisotopic (exact) mass is 351 g/mol. The molecule has 1 N–H and O–H groups in total. The Morgan fingerprint density at radius 2 is 2.04 bits per heavy atom. The molecule has 2 aromatic rings. The molecule has 3 rings (SSSR count). The van der Waals surface area contributed by atoms with Crippen LogP contribution >= 0.6 is 11.6 Å².